The van der Waals surface area contributed by atoms with Gasteiger partial charge in [0.25, 0.3) is 5.56 Å². The molecule has 1 aromatic carbocycles. The first kappa shape index (κ1) is 13.2. The molecule has 0 saturated carbocycles. The van der Waals surface area contributed by atoms with Crippen molar-refractivity contribution in [2.75, 3.05) is 5.73 Å². The molecule has 0 bridgehead atoms. The van der Waals surface area contributed by atoms with Gasteiger partial charge in [-0.3, -0.25) is 4.79 Å². The van der Waals surface area contributed by atoms with Gasteiger partial charge in [0.1, 0.15) is 4.47 Å². The van der Waals surface area contributed by atoms with Gasteiger partial charge in [-0.2, -0.15) is 0 Å². The smallest absolute Gasteiger partial charge is 0.268 e. The van der Waals surface area contributed by atoms with E-state index in [0.29, 0.717) is 15.7 Å². The quantitative estimate of drug-likeness (QED) is 0.815. The number of aromatic nitrogens is 2. The van der Waals surface area contributed by atoms with E-state index in [9.17, 15) is 4.79 Å². The van der Waals surface area contributed by atoms with E-state index in [1.165, 1.54) is 18.5 Å². The molecule has 2 rings (SSSR count). The number of H-pyrrole nitrogens is 1. The van der Waals surface area contributed by atoms with Crippen molar-refractivity contribution in [2.24, 2.45) is 0 Å². The van der Waals surface area contributed by atoms with Gasteiger partial charge in [0, 0.05) is 6.07 Å². The van der Waals surface area contributed by atoms with Gasteiger partial charge in [0.2, 0.25) is 5.88 Å². The van der Waals surface area contributed by atoms with Crippen LogP contribution >= 0.6 is 39.1 Å². The van der Waals surface area contributed by atoms with Crippen LogP contribution in [0, 0.1) is 0 Å². The molecule has 0 amide bonds. The number of hydrogen-bond donors (Lipinski definition) is 2. The maximum atomic E-state index is 11.3. The van der Waals surface area contributed by atoms with Crippen LogP contribution in [0.1, 0.15) is 0 Å². The average Bonchev–Trinajstić information content (AvgIpc) is 2.32. The van der Waals surface area contributed by atoms with Crippen LogP contribution in [-0.2, 0) is 0 Å². The van der Waals surface area contributed by atoms with Gasteiger partial charge >= 0.3 is 0 Å². The number of hydrogen-bond acceptors (Lipinski definition) is 4. The molecule has 3 N–H and O–H groups in total. The molecular weight excluding hydrogens is 345 g/mol. The molecule has 1 heterocycles. The van der Waals surface area contributed by atoms with Crippen LogP contribution in [0.5, 0.6) is 11.6 Å². The molecule has 0 aliphatic carbocycles. The van der Waals surface area contributed by atoms with E-state index in [0.717, 1.165) is 0 Å². The molecule has 0 fully saturated rings. The van der Waals surface area contributed by atoms with Crippen molar-refractivity contribution < 1.29 is 4.74 Å². The van der Waals surface area contributed by atoms with Gasteiger partial charge in [0.15, 0.2) is 5.75 Å². The first-order valence-electron chi connectivity index (χ1n) is 4.64. The van der Waals surface area contributed by atoms with E-state index in [-0.39, 0.29) is 21.7 Å². The van der Waals surface area contributed by atoms with Crippen LogP contribution in [0.4, 0.5) is 5.69 Å². The zero-order valence-corrected chi connectivity index (χ0v) is 11.8. The fraction of sp³-hybridized carbons (Fsp3) is 0. The molecular formula is C10H6BrCl2N3O2. The maximum absolute atomic E-state index is 11.3. The summed E-state index contributed by atoms with van der Waals surface area (Å²) in [5.41, 5.74) is 5.66. The van der Waals surface area contributed by atoms with Gasteiger partial charge in [-0.25, -0.2) is 4.98 Å². The lowest BCUT2D eigenvalue weighted by molar-refractivity contribution is 0.459. The number of aromatic amines is 1. The second kappa shape index (κ2) is 5.17. The van der Waals surface area contributed by atoms with Crippen LogP contribution in [0.15, 0.2) is 27.7 Å². The Kier molecular flexibility index (Phi) is 3.79. The minimum Gasteiger partial charge on any atom is -0.435 e. The summed E-state index contributed by atoms with van der Waals surface area (Å²) in [6.07, 6.45) is 1.22. The molecule has 5 nitrogen and oxygen atoms in total. The van der Waals surface area contributed by atoms with Crippen molar-refractivity contribution in [1.82, 2.24) is 9.97 Å². The average molecular weight is 351 g/mol. The molecule has 18 heavy (non-hydrogen) atoms. The fourth-order valence-electron chi connectivity index (χ4n) is 1.17. The van der Waals surface area contributed by atoms with Gasteiger partial charge in [-0.15, -0.1) is 0 Å². The first-order valence-corrected chi connectivity index (χ1v) is 6.19. The minimum atomic E-state index is -0.362. The molecule has 2 aromatic rings. The highest BCUT2D eigenvalue weighted by Crippen LogP contribution is 2.35. The highest BCUT2D eigenvalue weighted by atomic mass is 79.9. The summed E-state index contributed by atoms with van der Waals surface area (Å²) in [6.45, 7) is 0. The molecule has 0 atom stereocenters. The third kappa shape index (κ3) is 2.60. The molecule has 8 heteroatoms. The summed E-state index contributed by atoms with van der Waals surface area (Å²) < 4.78 is 5.57. The Morgan fingerprint density at radius 3 is 2.72 bits per heavy atom. The van der Waals surface area contributed by atoms with Crippen molar-refractivity contribution in [3.63, 3.8) is 0 Å². The van der Waals surface area contributed by atoms with Crippen molar-refractivity contribution in [1.29, 1.82) is 0 Å². The Labute approximate surface area is 120 Å². The lowest BCUT2D eigenvalue weighted by atomic mass is 10.3. The molecule has 0 spiro atoms. The second-order valence-corrected chi connectivity index (χ2v) is 4.86. The predicted molar refractivity (Wildman–Crippen MR) is 73.5 cm³/mol. The highest BCUT2D eigenvalue weighted by molar-refractivity contribution is 9.10. The number of nitrogens with zero attached hydrogens (tertiary/aromatic N) is 1. The molecule has 0 radical (unpaired) electrons. The minimum absolute atomic E-state index is 0.0869. The number of anilines is 1. The molecule has 0 aliphatic heterocycles. The van der Waals surface area contributed by atoms with Crippen LogP contribution in [-0.4, -0.2) is 9.97 Å². The van der Waals surface area contributed by atoms with Crippen molar-refractivity contribution in [3.8, 4) is 11.6 Å². The van der Waals surface area contributed by atoms with E-state index in [4.69, 9.17) is 33.7 Å². The van der Waals surface area contributed by atoms with Crippen LogP contribution < -0.4 is 16.0 Å². The van der Waals surface area contributed by atoms with Crippen LogP contribution in [0.3, 0.4) is 0 Å². The summed E-state index contributed by atoms with van der Waals surface area (Å²) in [7, 11) is 0. The van der Waals surface area contributed by atoms with Crippen molar-refractivity contribution >= 4 is 44.8 Å². The third-order valence-corrected chi connectivity index (χ3v) is 3.45. The lowest BCUT2D eigenvalue weighted by Crippen LogP contribution is -2.08. The lowest BCUT2D eigenvalue weighted by Gasteiger charge is -2.09. The largest absolute Gasteiger partial charge is 0.435 e. The number of nitrogen functional groups attached to an aromatic ring is 1. The molecule has 0 aliphatic rings. The van der Waals surface area contributed by atoms with Gasteiger partial charge in [-0.05, 0) is 22.0 Å². The Balaban J connectivity index is 2.43. The number of nitrogens with one attached hydrogen (secondary N) is 1. The van der Waals surface area contributed by atoms with Crippen LogP contribution in [0.2, 0.25) is 10.0 Å². The third-order valence-electron chi connectivity index (χ3n) is 2.02. The summed E-state index contributed by atoms with van der Waals surface area (Å²) in [5.74, 6) is 0.354. The Morgan fingerprint density at radius 2 is 2.00 bits per heavy atom. The highest BCUT2D eigenvalue weighted by Gasteiger charge is 2.12. The monoisotopic (exact) mass is 349 g/mol. The summed E-state index contributed by atoms with van der Waals surface area (Å²) >= 11 is 14.7. The number of benzene rings is 1. The van der Waals surface area contributed by atoms with Gasteiger partial charge in [0.05, 0.1) is 22.1 Å². The van der Waals surface area contributed by atoms with Crippen LogP contribution in [0.25, 0.3) is 0 Å². The second-order valence-electron chi connectivity index (χ2n) is 3.26. The van der Waals surface area contributed by atoms with E-state index < -0.39 is 0 Å². The zero-order chi connectivity index (χ0) is 13.3. The first-order chi connectivity index (χ1) is 8.49. The Hall–Kier alpha value is -1.24. The van der Waals surface area contributed by atoms with E-state index in [1.807, 2.05) is 0 Å². The number of ether oxygens (including phenoxy) is 1. The number of nitrogens with two attached hydrogens (primary N) is 1. The van der Waals surface area contributed by atoms with Gasteiger partial charge < -0.3 is 15.5 Å². The standard InChI is InChI=1S/C10H6BrCl2N3O2/c11-8-9(17)15-3-16-10(8)18-7-2-5(13)4(12)1-6(7)14/h1-3H,14H2,(H,15,16,17). The summed E-state index contributed by atoms with van der Waals surface area (Å²) in [5, 5.41) is 0.612. The Morgan fingerprint density at radius 1 is 1.33 bits per heavy atom. The molecule has 94 valence electrons. The summed E-state index contributed by atoms with van der Waals surface area (Å²) in [4.78, 5) is 17.6. The predicted octanol–water partition coefficient (Wildman–Crippen LogP) is 3.21. The molecule has 0 unspecified atom stereocenters. The number of rotatable bonds is 2. The van der Waals surface area contributed by atoms with E-state index in [2.05, 4.69) is 25.9 Å². The zero-order valence-electron chi connectivity index (χ0n) is 8.71. The maximum Gasteiger partial charge on any atom is 0.268 e. The molecule has 0 saturated heterocycles. The fourth-order valence-corrected chi connectivity index (χ4v) is 1.80. The SMILES string of the molecule is Nc1cc(Cl)c(Cl)cc1Oc1nc[nH]c(=O)c1Br. The van der Waals surface area contributed by atoms with E-state index >= 15 is 0 Å². The topological polar surface area (TPSA) is 81.0 Å². The normalized spacial score (nSPS) is 10.4. The van der Waals surface area contributed by atoms with E-state index in [1.54, 1.807) is 0 Å². The van der Waals surface area contributed by atoms with Crippen molar-refractivity contribution in [2.45, 2.75) is 0 Å². The Bertz CT molecular complexity index is 660. The van der Waals surface area contributed by atoms with Crippen molar-refractivity contribution in [3.05, 3.63) is 43.3 Å². The number of halogens is 3. The summed E-state index contributed by atoms with van der Waals surface area (Å²) in [6, 6.07) is 2.91. The van der Waals surface area contributed by atoms with Gasteiger partial charge in [-0.1, -0.05) is 23.2 Å². The molecule has 1 aromatic heterocycles.